The smallest absolute Gasteiger partial charge is 0.339 e. The van der Waals surface area contributed by atoms with Crippen molar-refractivity contribution in [1.82, 2.24) is 9.97 Å². The van der Waals surface area contributed by atoms with Crippen molar-refractivity contribution in [3.8, 4) is 11.3 Å². The lowest BCUT2D eigenvalue weighted by Gasteiger charge is -2.07. The molecule has 0 spiro atoms. The van der Waals surface area contributed by atoms with Crippen LogP contribution in [0.3, 0.4) is 0 Å². The summed E-state index contributed by atoms with van der Waals surface area (Å²) in [7, 11) is 0. The largest absolute Gasteiger partial charge is 0.478 e. The number of aromatic carboxylic acids is 1. The third-order valence-corrected chi connectivity index (χ3v) is 3.46. The van der Waals surface area contributed by atoms with Crippen LogP contribution in [0, 0.1) is 0 Å². The molecule has 0 amide bonds. The van der Waals surface area contributed by atoms with E-state index in [0.717, 1.165) is 10.5 Å². The molecule has 0 fully saturated rings. The molecule has 1 heterocycles. The molecule has 4 nitrogen and oxygen atoms in total. The van der Waals surface area contributed by atoms with Gasteiger partial charge >= 0.3 is 5.97 Å². The van der Waals surface area contributed by atoms with E-state index in [4.69, 9.17) is 5.11 Å². The number of rotatable bonds is 4. The number of hydrogen-bond donors (Lipinski definition) is 1. The van der Waals surface area contributed by atoms with Crippen LogP contribution in [0.1, 0.15) is 24.2 Å². The molecule has 0 atom stereocenters. The van der Waals surface area contributed by atoms with Crippen LogP contribution >= 0.6 is 11.8 Å². The zero-order chi connectivity index (χ0) is 13.8. The third-order valence-electron chi connectivity index (χ3n) is 2.44. The van der Waals surface area contributed by atoms with Crippen molar-refractivity contribution in [2.24, 2.45) is 0 Å². The normalized spacial score (nSPS) is 10.7. The maximum absolute atomic E-state index is 11.1. The highest BCUT2D eigenvalue weighted by molar-refractivity contribution is 7.99. The van der Waals surface area contributed by atoms with Crippen LogP contribution in [-0.2, 0) is 0 Å². The van der Waals surface area contributed by atoms with Gasteiger partial charge in [-0.15, -0.1) is 11.8 Å². The van der Waals surface area contributed by atoms with Crippen molar-refractivity contribution in [2.45, 2.75) is 24.0 Å². The molecule has 2 rings (SSSR count). The van der Waals surface area contributed by atoms with E-state index in [1.165, 1.54) is 12.5 Å². The molecule has 19 heavy (non-hydrogen) atoms. The average molecular weight is 274 g/mol. The molecule has 98 valence electrons. The second-order valence-corrected chi connectivity index (χ2v) is 5.93. The van der Waals surface area contributed by atoms with Gasteiger partial charge in [0.25, 0.3) is 0 Å². The number of carbonyl (C=O) groups is 1. The molecule has 0 unspecified atom stereocenters. The summed E-state index contributed by atoms with van der Waals surface area (Å²) in [5.41, 5.74) is 1.35. The zero-order valence-corrected chi connectivity index (χ0v) is 11.5. The molecule has 0 saturated heterocycles. The summed E-state index contributed by atoms with van der Waals surface area (Å²) < 4.78 is 0. The Balaban J connectivity index is 2.35. The Bertz CT molecular complexity index is 582. The fraction of sp³-hybridized carbons (Fsp3) is 0.214. The third kappa shape index (κ3) is 3.32. The quantitative estimate of drug-likeness (QED) is 0.866. The van der Waals surface area contributed by atoms with E-state index in [9.17, 15) is 4.79 Å². The number of aromatic nitrogens is 2. The van der Waals surface area contributed by atoms with Crippen LogP contribution in [0.25, 0.3) is 11.3 Å². The highest BCUT2D eigenvalue weighted by Crippen LogP contribution is 2.27. The standard InChI is InChI=1S/C14H14N2O2S/c1-9(2)19-11-5-3-10(4-6-11)13-12(14(17)18)7-15-8-16-13/h3-9H,1-2H3,(H,17,18). The van der Waals surface area contributed by atoms with E-state index in [1.807, 2.05) is 24.3 Å². The number of nitrogens with zero attached hydrogens (tertiary/aromatic N) is 2. The van der Waals surface area contributed by atoms with Gasteiger partial charge < -0.3 is 5.11 Å². The van der Waals surface area contributed by atoms with E-state index in [2.05, 4.69) is 23.8 Å². The molecule has 0 aliphatic carbocycles. The highest BCUT2D eigenvalue weighted by Gasteiger charge is 2.13. The van der Waals surface area contributed by atoms with Gasteiger partial charge in [0.05, 0.1) is 5.69 Å². The van der Waals surface area contributed by atoms with Crippen molar-refractivity contribution in [1.29, 1.82) is 0 Å². The predicted molar refractivity (Wildman–Crippen MR) is 75.4 cm³/mol. The lowest BCUT2D eigenvalue weighted by molar-refractivity contribution is 0.0697. The van der Waals surface area contributed by atoms with E-state index in [0.29, 0.717) is 10.9 Å². The van der Waals surface area contributed by atoms with E-state index in [-0.39, 0.29) is 5.56 Å². The Kier molecular flexibility index (Phi) is 4.16. The van der Waals surface area contributed by atoms with Gasteiger partial charge in [0.1, 0.15) is 11.9 Å². The fourth-order valence-corrected chi connectivity index (χ4v) is 2.52. The first-order valence-electron chi connectivity index (χ1n) is 5.88. The summed E-state index contributed by atoms with van der Waals surface area (Å²) in [6, 6.07) is 7.74. The Labute approximate surface area is 115 Å². The lowest BCUT2D eigenvalue weighted by Crippen LogP contribution is -2.02. The van der Waals surface area contributed by atoms with Gasteiger partial charge in [-0.2, -0.15) is 0 Å². The summed E-state index contributed by atoms with van der Waals surface area (Å²) in [5.74, 6) is -1.02. The van der Waals surface area contributed by atoms with E-state index < -0.39 is 5.97 Å². The summed E-state index contributed by atoms with van der Waals surface area (Å²) in [5, 5.41) is 9.63. The van der Waals surface area contributed by atoms with Crippen LogP contribution < -0.4 is 0 Å². The first-order valence-corrected chi connectivity index (χ1v) is 6.76. The molecule has 0 saturated carbocycles. The van der Waals surface area contributed by atoms with Crippen molar-refractivity contribution in [3.05, 3.63) is 42.4 Å². The van der Waals surface area contributed by atoms with Crippen LogP contribution in [0.5, 0.6) is 0 Å². The molecular weight excluding hydrogens is 260 g/mol. The van der Waals surface area contributed by atoms with Crippen LogP contribution in [0.4, 0.5) is 0 Å². The molecule has 0 aliphatic heterocycles. The molecule has 0 radical (unpaired) electrons. The van der Waals surface area contributed by atoms with Gasteiger partial charge in [-0.05, 0) is 12.1 Å². The van der Waals surface area contributed by atoms with Crippen molar-refractivity contribution >= 4 is 17.7 Å². The van der Waals surface area contributed by atoms with Gasteiger partial charge in [0.2, 0.25) is 0 Å². The molecule has 1 N–H and O–H groups in total. The number of carboxylic acids is 1. The Morgan fingerprint density at radius 2 is 1.95 bits per heavy atom. The average Bonchev–Trinajstić information content (AvgIpc) is 2.39. The molecule has 2 aromatic rings. The topological polar surface area (TPSA) is 63.1 Å². The van der Waals surface area contributed by atoms with Gasteiger partial charge in [-0.25, -0.2) is 14.8 Å². The summed E-state index contributed by atoms with van der Waals surface area (Å²) >= 11 is 1.76. The monoisotopic (exact) mass is 274 g/mol. The number of carboxylic acid groups (broad SMARTS) is 1. The second-order valence-electron chi connectivity index (χ2n) is 4.28. The predicted octanol–water partition coefficient (Wildman–Crippen LogP) is 3.34. The SMILES string of the molecule is CC(C)Sc1ccc(-c2ncncc2C(=O)O)cc1. The van der Waals surface area contributed by atoms with Gasteiger partial charge in [-0.3, -0.25) is 0 Å². The Morgan fingerprint density at radius 1 is 1.26 bits per heavy atom. The Morgan fingerprint density at radius 3 is 2.53 bits per heavy atom. The minimum Gasteiger partial charge on any atom is -0.478 e. The Hall–Kier alpha value is -1.88. The minimum atomic E-state index is -1.02. The molecular formula is C14H14N2O2S. The first-order chi connectivity index (χ1) is 9.08. The van der Waals surface area contributed by atoms with Crippen molar-refractivity contribution < 1.29 is 9.90 Å². The maximum atomic E-state index is 11.1. The summed E-state index contributed by atoms with van der Waals surface area (Å²) in [4.78, 5) is 20.1. The maximum Gasteiger partial charge on any atom is 0.339 e. The lowest BCUT2D eigenvalue weighted by atomic mass is 10.1. The number of benzene rings is 1. The fourth-order valence-electron chi connectivity index (χ4n) is 1.68. The number of hydrogen-bond acceptors (Lipinski definition) is 4. The van der Waals surface area contributed by atoms with Crippen molar-refractivity contribution in [2.75, 3.05) is 0 Å². The molecule has 0 bridgehead atoms. The van der Waals surface area contributed by atoms with Crippen molar-refractivity contribution in [3.63, 3.8) is 0 Å². The van der Waals surface area contributed by atoms with Crippen LogP contribution in [-0.4, -0.2) is 26.3 Å². The summed E-state index contributed by atoms with van der Waals surface area (Å²) in [6.07, 6.45) is 2.68. The first kappa shape index (κ1) is 13.5. The van der Waals surface area contributed by atoms with Crippen LogP contribution in [0.2, 0.25) is 0 Å². The highest BCUT2D eigenvalue weighted by atomic mass is 32.2. The van der Waals surface area contributed by atoms with Gasteiger partial charge in [0.15, 0.2) is 0 Å². The molecule has 1 aromatic heterocycles. The minimum absolute atomic E-state index is 0.117. The van der Waals surface area contributed by atoms with Gasteiger partial charge in [-0.1, -0.05) is 26.0 Å². The molecule has 0 aliphatic rings. The second kappa shape index (κ2) is 5.84. The van der Waals surface area contributed by atoms with E-state index >= 15 is 0 Å². The van der Waals surface area contributed by atoms with E-state index in [1.54, 1.807) is 11.8 Å². The molecule has 1 aromatic carbocycles. The zero-order valence-electron chi connectivity index (χ0n) is 10.7. The number of thioether (sulfide) groups is 1. The molecule has 5 heteroatoms. The summed E-state index contributed by atoms with van der Waals surface area (Å²) in [6.45, 7) is 4.26. The van der Waals surface area contributed by atoms with Crippen LogP contribution in [0.15, 0.2) is 41.7 Å². The van der Waals surface area contributed by atoms with Gasteiger partial charge in [0, 0.05) is 21.9 Å².